The summed E-state index contributed by atoms with van der Waals surface area (Å²) in [7, 11) is 1.26. The van der Waals surface area contributed by atoms with Crippen LogP contribution in [0.1, 0.15) is 39.7 Å². The molecule has 3 N–H and O–H groups in total. The number of amides is 2. The predicted octanol–water partition coefficient (Wildman–Crippen LogP) is 0.638. The Bertz CT molecular complexity index is 984. The molecule has 3 heterocycles. The Balaban J connectivity index is 1.80. The van der Waals surface area contributed by atoms with Crippen LogP contribution in [0.2, 0.25) is 0 Å². The fourth-order valence-corrected chi connectivity index (χ4v) is 3.50. The molecule has 0 saturated carbocycles. The lowest BCUT2D eigenvalue weighted by Crippen LogP contribution is -2.54. The number of imidazole rings is 1. The van der Waals surface area contributed by atoms with Crippen LogP contribution in [0.15, 0.2) is 12.7 Å². The molecule has 12 nitrogen and oxygen atoms in total. The van der Waals surface area contributed by atoms with Crippen LogP contribution in [-0.4, -0.2) is 74.2 Å². The summed E-state index contributed by atoms with van der Waals surface area (Å²) in [6, 6.07) is -1.02. The van der Waals surface area contributed by atoms with Crippen molar-refractivity contribution in [2.75, 3.05) is 25.9 Å². The third kappa shape index (κ3) is 5.01. The lowest BCUT2D eigenvalue weighted by Gasteiger charge is -2.39. The van der Waals surface area contributed by atoms with Gasteiger partial charge in [0.15, 0.2) is 11.5 Å². The lowest BCUT2D eigenvalue weighted by molar-refractivity contribution is -0.152. The molecule has 0 aromatic carbocycles. The predicted molar refractivity (Wildman–Crippen MR) is 110 cm³/mol. The number of ether oxygens (including phenoxy) is 2. The van der Waals surface area contributed by atoms with Crippen molar-refractivity contribution in [1.29, 1.82) is 0 Å². The van der Waals surface area contributed by atoms with Gasteiger partial charge < -0.3 is 30.0 Å². The van der Waals surface area contributed by atoms with Crippen molar-refractivity contribution in [1.82, 2.24) is 29.7 Å². The van der Waals surface area contributed by atoms with Crippen molar-refractivity contribution >= 4 is 35.0 Å². The van der Waals surface area contributed by atoms with E-state index in [4.69, 9.17) is 15.2 Å². The van der Waals surface area contributed by atoms with Crippen LogP contribution in [0.5, 0.6) is 0 Å². The highest BCUT2D eigenvalue weighted by Crippen LogP contribution is 2.30. The molecule has 2 amide bonds. The molecule has 0 spiro atoms. The molecule has 1 saturated heterocycles. The van der Waals surface area contributed by atoms with Gasteiger partial charge in [-0.15, -0.1) is 0 Å². The quantitative estimate of drug-likeness (QED) is 0.646. The first-order valence-electron chi connectivity index (χ1n) is 9.88. The van der Waals surface area contributed by atoms with Gasteiger partial charge in [0.2, 0.25) is 5.91 Å². The van der Waals surface area contributed by atoms with E-state index < -0.39 is 29.7 Å². The number of aromatic nitrogens is 4. The normalized spacial score (nSPS) is 19.4. The number of nitrogens with two attached hydrogens (primary N) is 1. The average molecular weight is 433 g/mol. The zero-order chi connectivity index (χ0) is 22.8. The van der Waals surface area contributed by atoms with Crippen molar-refractivity contribution in [3.63, 3.8) is 0 Å². The smallest absolute Gasteiger partial charge is 0.407 e. The van der Waals surface area contributed by atoms with Gasteiger partial charge in [-0.25, -0.2) is 19.7 Å². The molecule has 0 radical (unpaired) electrons. The number of nitrogens with one attached hydrogen (secondary N) is 1. The minimum atomic E-state index is -0.643. The summed E-state index contributed by atoms with van der Waals surface area (Å²) in [6.45, 7) is 5.18. The Morgan fingerprint density at radius 3 is 2.68 bits per heavy atom. The van der Waals surface area contributed by atoms with Gasteiger partial charge in [-0.1, -0.05) is 0 Å². The Labute approximate surface area is 179 Å². The molecular weight excluding hydrogens is 406 g/mol. The Kier molecular flexibility index (Phi) is 6.27. The monoisotopic (exact) mass is 433 g/mol. The van der Waals surface area contributed by atoms with E-state index >= 15 is 0 Å². The minimum absolute atomic E-state index is 0.143. The van der Waals surface area contributed by atoms with Gasteiger partial charge >= 0.3 is 12.1 Å². The highest BCUT2D eigenvalue weighted by Gasteiger charge is 2.38. The Morgan fingerprint density at radius 2 is 2.00 bits per heavy atom. The number of hydrogen-bond acceptors (Lipinski definition) is 9. The second kappa shape index (κ2) is 8.74. The number of carbonyl (C=O) groups is 3. The van der Waals surface area contributed by atoms with Gasteiger partial charge in [-0.05, 0) is 33.6 Å². The number of likely N-dealkylation sites (tertiary alicyclic amines) is 1. The average Bonchev–Trinajstić information content (AvgIpc) is 3.12. The Hall–Kier alpha value is -3.44. The standard InChI is InChI=1S/C19H27N7O5/c1-19(2,3)31-18(29)21-7-11-5-6-12(17(28)25(11)8-13(27)30-4)26-10-24-14-15(20)22-9-23-16(14)26/h9-12H,5-8H2,1-4H3,(H,21,29)(H2,20,22,23)/t11-,12-/m1/s1. The summed E-state index contributed by atoms with van der Waals surface area (Å²) >= 11 is 0. The van der Waals surface area contributed by atoms with Gasteiger partial charge in [0.25, 0.3) is 0 Å². The molecule has 1 fully saturated rings. The lowest BCUT2D eigenvalue weighted by atomic mass is 9.97. The maximum Gasteiger partial charge on any atom is 0.407 e. The number of carbonyl (C=O) groups excluding carboxylic acids is 3. The molecule has 1 aliphatic rings. The van der Waals surface area contributed by atoms with E-state index in [2.05, 4.69) is 20.3 Å². The zero-order valence-electron chi connectivity index (χ0n) is 18.0. The van der Waals surface area contributed by atoms with Crippen LogP contribution in [0, 0.1) is 0 Å². The second-order valence-corrected chi connectivity index (χ2v) is 8.25. The first-order chi connectivity index (χ1) is 14.6. The highest BCUT2D eigenvalue weighted by atomic mass is 16.6. The molecule has 1 aliphatic heterocycles. The molecule has 2 aromatic rings. The maximum absolute atomic E-state index is 13.3. The van der Waals surface area contributed by atoms with Crippen LogP contribution in [-0.2, 0) is 19.1 Å². The van der Waals surface area contributed by atoms with Crippen LogP contribution >= 0.6 is 0 Å². The van der Waals surface area contributed by atoms with E-state index in [0.717, 1.165) is 0 Å². The van der Waals surface area contributed by atoms with Gasteiger partial charge in [0, 0.05) is 12.6 Å². The highest BCUT2D eigenvalue weighted by molar-refractivity contribution is 5.88. The van der Waals surface area contributed by atoms with Crippen molar-refractivity contribution in [2.24, 2.45) is 0 Å². The molecule has 0 bridgehead atoms. The number of alkyl carbamates (subject to hydrolysis) is 1. The molecule has 0 unspecified atom stereocenters. The first-order valence-corrected chi connectivity index (χ1v) is 9.88. The summed E-state index contributed by atoms with van der Waals surface area (Å²) in [4.78, 5) is 51.1. The summed E-state index contributed by atoms with van der Waals surface area (Å²) in [6.07, 6.45) is 3.21. The summed E-state index contributed by atoms with van der Waals surface area (Å²) in [5, 5.41) is 2.67. The van der Waals surface area contributed by atoms with E-state index in [1.807, 2.05) is 0 Å². The van der Waals surface area contributed by atoms with Gasteiger partial charge in [0.1, 0.15) is 30.0 Å². The number of nitrogen functional groups attached to an aromatic ring is 1. The number of fused-ring (bicyclic) bond motifs is 1. The largest absolute Gasteiger partial charge is 0.468 e. The van der Waals surface area contributed by atoms with Crippen molar-refractivity contribution in [3.8, 4) is 0 Å². The Morgan fingerprint density at radius 1 is 1.26 bits per heavy atom. The van der Waals surface area contributed by atoms with E-state index in [0.29, 0.717) is 24.0 Å². The minimum Gasteiger partial charge on any atom is -0.468 e. The number of anilines is 1. The van der Waals surface area contributed by atoms with Crippen molar-refractivity contribution in [2.45, 2.75) is 51.3 Å². The molecular formula is C19H27N7O5. The van der Waals surface area contributed by atoms with Gasteiger partial charge in [-0.3, -0.25) is 9.59 Å². The summed E-state index contributed by atoms with van der Waals surface area (Å²) in [5.74, 6) is -0.639. The molecule has 2 aromatic heterocycles. The third-order valence-corrected chi connectivity index (χ3v) is 4.91. The van der Waals surface area contributed by atoms with E-state index in [1.54, 1.807) is 25.3 Å². The SMILES string of the molecule is COC(=O)CN1C(=O)[C@H](n2cnc3c(N)ncnc32)CC[C@@H]1CNC(=O)OC(C)(C)C. The van der Waals surface area contributed by atoms with Gasteiger partial charge in [0.05, 0.1) is 13.4 Å². The van der Waals surface area contributed by atoms with Gasteiger partial charge in [-0.2, -0.15) is 0 Å². The molecule has 168 valence electrons. The maximum atomic E-state index is 13.3. The van der Waals surface area contributed by atoms with Crippen molar-refractivity contribution in [3.05, 3.63) is 12.7 Å². The molecule has 3 rings (SSSR count). The third-order valence-electron chi connectivity index (χ3n) is 4.91. The molecule has 0 aliphatic carbocycles. The molecule has 31 heavy (non-hydrogen) atoms. The number of piperidine rings is 1. The summed E-state index contributed by atoms with van der Waals surface area (Å²) < 4.78 is 11.6. The zero-order valence-corrected chi connectivity index (χ0v) is 18.0. The number of esters is 1. The van der Waals surface area contributed by atoms with Crippen LogP contribution in [0.4, 0.5) is 10.6 Å². The van der Waals surface area contributed by atoms with Crippen LogP contribution in [0.25, 0.3) is 11.2 Å². The summed E-state index contributed by atoms with van der Waals surface area (Å²) in [5.41, 5.74) is 6.04. The van der Waals surface area contributed by atoms with Crippen molar-refractivity contribution < 1.29 is 23.9 Å². The number of rotatable bonds is 5. The molecule has 2 atom stereocenters. The fourth-order valence-electron chi connectivity index (χ4n) is 3.50. The number of hydrogen-bond donors (Lipinski definition) is 2. The second-order valence-electron chi connectivity index (χ2n) is 8.25. The number of nitrogens with zero attached hydrogens (tertiary/aromatic N) is 5. The fraction of sp³-hybridized carbons (Fsp3) is 0.579. The van der Waals surface area contributed by atoms with Crippen LogP contribution in [0.3, 0.4) is 0 Å². The van der Waals surface area contributed by atoms with E-state index in [-0.39, 0.29) is 24.8 Å². The van der Waals surface area contributed by atoms with E-state index in [9.17, 15) is 14.4 Å². The topological polar surface area (TPSA) is 155 Å². The molecule has 12 heteroatoms. The number of methoxy groups -OCH3 is 1. The first kappa shape index (κ1) is 22.2. The van der Waals surface area contributed by atoms with E-state index in [1.165, 1.54) is 24.7 Å². The van der Waals surface area contributed by atoms with Crippen LogP contribution < -0.4 is 11.1 Å².